The highest BCUT2D eigenvalue weighted by Crippen LogP contribution is 2.35. The number of amides is 1. The van der Waals surface area contributed by atoms with Crippen molar-refractivity contribution in [3.05, 3.63) is 36.0 Å². The molecule has 0 unspecified atom stereocenters. The number of fused-ring (bicyclic) bond motifs is 1. The molecule has 26 heavy (non-hydrogen) atoms. The molecule has 1 aromatic carbocycles. The number of hydrogen-bond donors (Lipinski definition) is 1. The average molecular weight is 355 g/mol. The molecule has 140 valence electrons. The van der Waals surface area contributed by atoms with Gasteiger partial charge in [-0.25, -0.2) is 0 Å². The van der Waals surface area contributed by atoms with Crippen LogP contribution in [0.3, 0.4) is 0 Å². The van der Waals surface area contributed by atoms with Crippen molar-refractivity contribution in [3.63, 3.8) is 0 Å². The van der Waals surface area contributed by atoms with E-state index >= 15 is 0 Å². The Morgan fingerprint density at radius 2 is 1.96 bits per heavy atom. The lowest BCUT2D eigenvalue weighted by molar-refractivity contribution is -0.0199. The topological polar surface area (TPSA) is 46.5 Å². The van der Waals surface area contributed by atoms with E-state index in [-0.39, 0.29) is 11.4 Å². The maximum absolute atomic E-state index is 12.8. The summed E-state index contributed by atoms with van der Waals surface area (Å²) >= 11 is 0. The average Bonchev–Trinajstić information content (AvgIpc) is 3.34. The van der Waals surface area contributed by atoms with Crippen LogP contribution < -0.4 is 5.32 Å². The van der Waals surface area contributed by atoms with Crippen LogP contribution in [-0.2, 0) is 11.3 Å². The number of nitrogens with one attached hydrogen (secondary N) is 1. The SMILES string of the molecule is CCn1ccc2cc(C(=O)NCC3(N4CCOCC4)CCCC3)ccc21. The Morgan fingerprint density at radius 1 is 1.19 bits per heavy atom. The second kappa shape index (κ2) is 7.41. The molecular weight excluding hydrogens is 326 g/mol. The third-order valence-corrected chi connectivity index (χ3v) is 6.17. The van der Waals surface area contributed by atoms with Crippen LogP contribution in [-0.4, -0.2) is 53.8 Å². The Bertz CT molecular complexity index is 771. The number of benzene rings is 1. The van der Waals surface area contributed by atoms with Crippen molar-refractivity contribution in [2.75, 3.05) is 32.8 Å². The highest BCUT2D eigenvalue weighted by atomic mass is 16.5. The van der Waals surface area contributed by atoms with Gasteiger partial charge in [0.15, 0.2) is 0 Å². The van der Waals surface area contributed by atoms with Gasteiger partial charge in [-0.2, -0.15) is 0 Å². The molecule has 1 amide bonds. The molecule has 1 aliphatic carbocycles. The van der Waals surface area contributed by atoms with Crippen molar-refractivity contribution in [3.8, 4) is 0 Å². The number of rotatable bonds is 5. The van der Waals surface area contributed by atoms with E-state index in [2.05, 4.69) is 40.0 Å². The van der Waals surface area contributed by atoms with E-state index in [1.165, 1.54) is 31.2 Å². The van der Waals surface area contributed by atoms with Gasteiger partial charge in [-0.05, 0) is 44.0 Å². The van der Waals surface area contributed by atoms with Crippen LogP contribution in [0.5, 0.6) is 0 Å². The van der Waals surface area contributed by atoms with Crippen LogP contribution in [0, 0.1) is 0 Å². The van der Waals surface area contributed by atoms with Gasteiger partial charge in [-0.1, -0.05) is 12.8 Å². The van der Waals surface area contributed by atoms with Crippen LogP contribution in [0.4, 0.5) is 0 Å². The van der Waals surface area contributed by atoms with Gasteiger partial charge in [0.1, 0.15) is 0 Å². The maximum Gasteiger partial charge on any atom is 0.251 e. The van der Waals surface area contributed by atoms with E-state index in [0.29, 0.717) is 0 Å². The second-order valence-electron chi connectivity index (χ2n) is 7.59. The predicted molar refractivity (Wildman–Crippen MR) is 104 cm³/mol. The maximum atomic E-state index is 12.8. The lowest BCUT2D eigenvalue weighted by Gasteiger charge is -2.43. The molecule has 1 aliphatic heterocycles. The number of aryl methyl sites for hydroxylation is 1. The highest BCUT2D eigenvalue weighted by Gasteiger charge is 2.40. The zero-order valence-corrected chi connectivity index (χ0v) is 15.7. The molecule has 0 radical (unpaired) electrons. The number of ether oxygens (including phenoxy) is 1. The summed E-state index contributed by atoms with van der Waals surface area (Å²) < 4.78 is 7.72. The molecule has 1 saturated carbocycles. The molecule has 1 N–H and O–H groups in total. The van der Waals surface area contributed by atoms with E-state index in [1.807, 2.05) is 12.1 Å². The van der Waals surface area contributed by atoms with Crippen LogP contribution in [0.1, 0.15) is 43.0 Å². The normalized spacial score (nSPS) is 20.5. The first-order valence-electron chi connectivity index (χ1n) is 9.92. The summed E-state index contributed by atoms with van der Waals surface area (Å²) in [5, 5.41) is 4.36. The van der Waals surface area contributed by atoms with Crippen molar-refractivity contribution < 1.29 is 9.53 Å². The number of carbonyl (C=O) groups is 1. The Balaban J connectivity index is 1.46. The number of nitrogens with zero attached hydrogens (tertiary/aromatic N) is 2. The van der Waals surface area contributed by atoms with E-state index in [1.54, 1.807) is 0 Å². The highest BCUT2D eigenvalue weighted by molar-refractivity contribution is 5.98. The van der Waals surface area contributed by atoms with Gasteiger partial charge < -0.3 is 14.6 Å². The lowest BCUT2D eigenvalue weighted by atomic mass is 9.94. The fourth-order valence-corrected chi connectivity index (χ4v) is 4.64. The first-order valence-corrected chi connectivity index (χ1v) is 9.92. The Morgan fingerprint density at radius 3 is 2.69 bits per heavy atom. The van der Waals surface area contributed by atoms with Crippen molar-refractivity contribution in [1.82, 2.24) is 14.8 Å². The van der Waals surface area contributed by atoms with Crippen LogP contribution >= 0.6 is 0 Å². The van der Waals surface area contributed by atoms with Gasteiger partial charge in [0.2, 0.25) is 0 Å². The van der Waals surface area contributed by atoms with Gasteiger partial charge in [0, 0.05) is 54.4 Å². The third-order valence-electron chi connectivity index (χ3n) is 6.17. The molecule has 4 rings (SSSR count). The lowest BCUT2D eigenvalue weighted by Crippen LogP contribution is -2.57. The molecule has 2 heterocycles. The zero-order chi connectivity index (χ0) is 18.0. The summed E-state index contributed by atoms with van der Waals surface area (Å²) in [4.78, 5) is 15.3. The van der Waals surface area contributed by atoms with Crippen LogP contribution in [0.15, 0.2) is 30.5 Å². The van der Waals surface area contributed by atoms with Gasteiger partial charge in [0.05, 0.1) is 13.2 Å². The van der Waals surface area contributed by atoms with Crippen molar-refractivity contribution in [1.29, 1.82) is 0 Å². The standard InChI is InChI=1S/C21H29N3O2/c1-2-23-10-7-17-15-18(5-6-19(17)23)20(25)22-16-21(8-3-4-9-21)24-11-13-26-14-12-24/h5-7,10,15H,2-4,8-9,11-14,16H2,1H3,(H,22,25). The van der Waals surface area contributed by atoms with E-state index < -0.39 is 0 Å². The minimum absolute atomic E-state index is 0.0377. The molecule has 2 aromatic rings. The summed E-state index contributed by atoms with van der Waals surface area (Å²) in [5.41, 5.74) is 2.06. The zero-order valence-electron chi connectivity index (χ0n) is 15.7. The molecule has 2 fully saturated rings. The van der Waals surface area contributed by atoms with E-state index in [0.717, 1.165) is 50.3 Å². The molecule has 1 saturated heterocycles. The van der Waals surface area contributed by atoms with Gasteiger partial charge in [-0.3, -0.25) is 9.69 Å². The molecule has 0 spiro atoms. The second-order valence-corrected chi connectivity index (χ2v) is 7.59. The molecule has 1 aromatic heterocycles. The first-order chi connectivity index (χ1) is 12.7. The first kappa shape index (κ1) is 17.6. The van der Waals surface area contributed by atoms with Gasteiger partial charge >= 0.3 is 0 Å². The van der Waals surface area contributed by atoms with Crippen LogP contribution in [0.25, 0.3) is 10.9 Å². The summed E-state index contributed by atoms with van der Waals surface area (Å²) in [6.45, 7) is 7.38. The summed E-state index contributed by atoms with van der Waals surface area (Å²) in [5.74, 6) is 0.0377. The minimum Gasteiger partial charge on any atom is -0.379 e. The fraction of sp³-hybridized carbons (Fsp3) is 0.571. The fourth-order valence-electron chi connectivity index (χ4n) is 4.64. The number of aromatic nitrogens is 1. The van der Waals surface area contributed by atoms with Crippen molar-refractivity contribution >= 4 is 16.8 Å². The largest absolute Gasteiger partial charge is 0.379 e. The Labute approximate surface area is 155 Å². The molecule has 0 bridgehead atoms. The summed E-state index contributed by atoms with van der Waals surface area (Å²) in [6, 6.07) is 8.09. The van der Waals surface area contributed by atoms with Crippen molar-refractivity contribution in [2.24, 2.45) is 0 Å². The molecule has 2 aliphatic rings. The Kier molecular flexibility index (Phi) is 5.00. The molecular formula is C21H29N3O2. The Hall–Kier alpha value is -1.85. The third kappa shape index (κ3) is 3.26. The predicted octanol–water partition coefficient (Wildman–Crippen LogP) is 3.04. The number of morpholine rings is 1. The van der Waals surface area contributed by atoms with Crippen LogP contribution in [0.2, 0.25) is 0 Å². The molecule has 0 atom stereocenters. The molecule has 5 heteroatoms. The smallest absolute Gasteiger partial charge is 0.251 e. The van der Waals surface area contributed by atoms with Crippen molar-refractivity contribution in [2.45, 2.75) is 44.7 Å². The monoisotopic (exact) mass is 355 g/mol. The van der Waals surface area contributed by atoms with Gasteiger partial charge in [-0.15, -0.1) is 0 Å². The summed E-state index contributed by atoms with van der Waals surface area (Å²) in [7, 11) is 0. The van der Waals surface area contributed by atoms with E-state index in [4.69, 9.17) is 4.74 Å². The van der Waals surface area contributed by atoms with E-state index in [9.17, 15) is 4.79 Å². The quantitative estimate of drug-likeness (QED) is 0.897. The van der Waals surface area contributed by atoms with Gasteiger partial charge in [0.25, 0.3) is 5.91 Å². The number of hydrogen-bond acceptors (Lipinski definition) is 3. The molecule has 5 nitrogen and oxygen atoms in total. The summed E-state index contributed by atoms with van der Waals surface area (Å²) in [6.07, 6.45) is 6.93. The minimum atomic E-state index is 0.0377. The number of carbonyl (C=O) groups excluding carboxylic acids is 1.